The number of ether oxygens (including phenoxy) is 1. The topological polar surface area (TPSA) is 26.3 Å². The number of methoxy groups -OCH3 is 1. The molecule has 0 aliphatic carbocycles. The highest BCUT2D eigenvalue weighted by Gasteiger charge is 2.15. The van der Waals surface area contributed by atoms with Gasteiger partial charge in [-0.2, -0.15) is 11.3 Å². The summed E-state index contributed by atoms with van der Waals surface area (Å²) in [5.41, 5.74) is 2.23. The second-order valence-corrected chi connectivity index (χ2v) is 4.32. The van der Waals surface area contributed by atoms with Crippen molar-refractivity contribution in [3.8, 4) is 11.1 Å². The van der Waals surface area contributed by atoms with Crippen molar-refractivity contribution in [3.05, 3.63) is 45.6 Å². The van der Waals surface area contributed by atoms with Gasteiger partial charge in [-0.15, -0.1) is 0 Å². The highest BCUT2D eigenvalue weighted by molar-refractivity contribution is 7.08. The standard InChI is InChI=1S/C12H9ClO2S/c1-15-12(14)10-7-16-6-9(10)8-4-2-3-5-11(8)13/h2-7H,1H3. The van der Waals surface area contributed by atoms with E-state index >= 15 is 0 Å². The molecule has 0 spiro atoms. The van der Waals surface area contributed by atoms with Crippen LogP contribution in [-0.2, 0) is 4.74 Å². The quantitative estimate of drug-likeness (QED) is 0.759. The van der Waals surface area contributed by atoms with Crippen LogP contribution in [0.3, 0.4) is 0 Å². The normalized spacial score (nSPS) is 10.1. The molecule has 1 aromatic heterocycles. The van der Waals surface area contributed by atoms with E-state index in [0.29, 0.717) is 10.6 Å². The largest absolute Gasteiger partial charge is 0.465 e. The summed E-state index contributed by atoms with van der Waals surface area (Å²) >= 11 is 7.54. The van der Waals surface area contributed by atoms with Gasteiger partial charge in [0.25, 0.3) is 0 Å². The lowest BCUT2D eigenvalue weighted by Crippen LogP contribution is -2.00. The molecule has 82 valence electrons. The van der Waals surface area contributed by atoms with Gasteiger partial charge in [-0.25, -0.2) is 4.79 Å². The lowest BCUT2D eigenvalue weighted by molar-refractivity contribution is 0.0602. The number of rotatable bonds is 2. The van der Waals surface area contributed by atoms with Gasteiger partial charge >= 0.3 is 5.97 Å². The van der Waals surface area contributed by atoms with Gasteiger partial charge in [0, 0.05) is 21.5 Å². The van der Waals surface area contributed by atoms with Crippen LogP contribution in [0.5, 0.6) is 0 Å². The predicted octanol–water partition coefficient (Wildman–Crippen LogP) is 3.86. The van der Waals surface area contributed by atoms with E-state index in [9.17, 15) is 4.79 Å². The zero-order valence-electron chi connectivity index (χ0n) is 8.57. The SMILES string of the molecule is COC(=O)c1cscc1-c1ccccc1Cl. The zero-order chi connectivity index (χ0) is 11.5. The molecule has 2 rings (SSSR count). The Morgan fingerprint density at radius 3 is 2.69 bits per heavy atom. The van der Waals surface area contributed by atoms with Gasteiger partial charge in [0.1, 0.15) is 0 Å². The number of hydrogen-bond donors (Lipinski definition) is 0. The Labute approximate surface area is 102 Å². The van der Waals surface area contributed by atoms with Gasteiger partial charge in [0.15, 0.2) is 0 Å². The molecule has 0 amide bonds. The molecule has 0 bridgehead atoms. The van der Waals surface area contributed by atoms with Crippen molar-refractivity contribution < 1.29 is 9.53 Å². The van der Waals surface area contributed by atoms with E-state index in [1.165, 1.54) is 18.4 Å². The van der Waals surface area contributed by atoms with E-state index in [2.05, 4.69) is 0 Å². The van der Waals surface area contributed by atoms with Crippen LogP contribution in [0, 0.1) is 0 Å². The molecule has 0 saturated carbocycles. The van der Waals surface area contributed by atoms with Crippen LogP contribution in [0.25, 0.3) is 11.1 Å². The number of hydrogen-bond acceptors (Lipinski definition) is 3. The Morgan fingerprint density at radius 2 is 2.00 bits per heavy atom. The lowest BCUT2D eigenvalue weighted by Gasteiger charge is -2.04. The summed E-state index contributed by atoms with van der Waals surface area (Å²) in [5.74, 6) is -0.337. The van der Waals surface area contributed by atoms with Gasteiger partial charge in [-0.1, -0.05) is 29.8 Å². The van der Waals surface area contributed by atoms with Crippen LogP contribution in [-0.4, -0.2) is 13.1 Å². The number of carbonyl (C=O) groups is 1. The molecule has 1 aromatic carbocycles. The molecule has 0 fully saturated rings. The average Bonchev–Trinajstić information content (AvgIpc) is 2.77. The van der Waals surface area contributed by atoms with Gasteiger partial charge in [0.05, 0.1) is 12.7 Å². The first-order chi connectivity index (χ1) is 7.74. The molecule has 0 unspecified atom stereocenters. The Balaban J connectivity index is 2.53. The van der Waals surface area contributed by atoms with Gasteiger partial charge in [-0.05, 0) is 11.4 Å². The number of halogens is 1. The molecule has 4 heteroatoms. The van der Waals surface area contributed by atoms with E-state index in [1.807, 2.05) is 23.6 Å². The van der Waals surface area contributed by atoms with E-state index < -0.39 is 0 Å². The van der Waals surface area contributed by atoms with Crippen LogP contribution >= 0.6 is 22.9 Å². The maximum atomic E-state index is 11.5. The molecule has 0 radical (unpaired) electrons. The van der Waals surface area contributed by atoms with Crippen molar-refractivity contribution in [2.24, 2.45) is 0 Å². The summed E-state index contributed by atoms with van der Waals surface area (Å²) in [6, 6.07) is 7.43. The van der Waals surface area contributed by atoms with Crippen molar-refractivity contribution in [2.75, 3.05) is 7.11 Å². The van der Waals surface area contributed by atoms with E-state index in [0.717, 1.165) is 11.1 Å². The van der Waals surface area contributed by atoms with E-state index in [4.69, 9.17) is 16.3 Å². The third-order valence-electron chi connectivity index (χ3n) is 2.23. The number of thiophene rings is 1. The Bertz CT molecular complexity index is 519. The first-order valence-electron chi connectivity index (χ1n) is 4.63. The minimum Gasteiger partial charge on any atom is -0.465 e. The number of esters is 1. The molecule has 16 heavy (non-hydrogen) atoms. The summed E-state index contributed by atoms with van der Waals surface area (Å²) in [5, 5.41) is 4.30. The monoisotopic (exact) mass is 252 g/mol. The maximum Gasteiger partial charge on any atom is 0.339 e. The summed E-state index contributed by atoms with van der Waals surface area (Å²) < 4.78 is 4.72. The summed E-state index contributed by atoms with van der Waals surface area (Å²) in [7, 11) is 1.37. The Morgan fingerprint density at radius 1 is 1.25 bits per heavy atom. The molecule has 0 saturated heterocycles. The fraction of sp³-hybridized carbons (Fsp3) is 0.0833. The first-order valence-corrected chi connectivity index (χ1v) is 5.95. The third-order valence-corrected chi connectivity index (χ3v) is 3.30. The Hall–Kier alpha value is -1.32. The molecule has 0 aliphatic rings. The summed E-state index contributed by atoms with van der Waals surface area (Å²) in [6.45, 7) is 0. The highest BCUT2D eigenvalue weighted by atomic mass is 35.5. The van der Waals surface area contributed by atoms with Gasteiger partial charge in [-0.3, -0.25) is 0 Å². The Kier molecular flexibility index (Phi) is 3.27. The number of benzene rings is 1. The second-order valence-electron chi connectivity index (χ2n) is 3.17. The van der Waals surface area contributed by atoms with Gasteiger partial charge < -0.3 is 4.74 Å². The zero-order valence-corrected chi connectivity index (χ0v) is 10.1. The molecule has 0 atom stereocenters. The molecule has 0 aliphatic heterocycles. The first kappa shape index (κ1) is 11.2. The van der Waals surface area contributed by atoms with E-state index in [-0.39, 0.29) is 5.97 Å². The lowest BCUT2D eigenvalue weighted by atomic mass is 10.1. The van der Waals surface area contributed by atoms with Crippen LogP contribution in [0.1, 0.15) is 10.4 Å². The summed E-state index contributed by atoms with van der Waals surface area (Å²) in [4.78, 5) is 11.5. The van der Waals surface area contributed by atoms with Crippen molar-refractivity contribution >= 4 is 28.9 Å². The summed E-state index contributed by atoms with van der Waals surface area (Å²) in [6.07, 6.45) is 0. The number of carbonyl (C=O) groups excluding carboxylic acids is 1. The fourth-order valence-electron chi connectivity index (χ4n) is 1.45. The third kappa shape index (κ3) is 1.96. The molecular formula is C12H9ClO2S. The van der Waals surface area contributed by atoms with Crippen LogP contribution in [0.2, 0.25) is 5.02 Å². The molecule has 2 aromatic rings. The van der Waals surface area contributed by atoms with Crippen molar-refractivity contribution in [1.29, 1.82) is 0 Å². The van der Waals surface area contributed by atoms with Crippen molar-refractivity contribution in [3.63, 3.8) is 0 Å². The van der Waals surface area contributed by atoms with Crippen molar-refractivity contribution in [1.82, 2.24) is 0 Å². The minimum atomic E-state index is -0.337. The average molecular weight is 253 g/mol. The second kappa shape index (κ2) is 4.68. The highest BCUT2D eigenvalue weighted by Crippen LogP contribution is 2.32. The smallest absolute Gasteiger partial charge is 0.339 e. The molecule has 2 nitrogen and oxygen atoms in total. The van der Waals surface area contributed by atoms with E-state index in [1.54, 1.807) is 11.4 Å². The fourth-order valence-corrected chi connectivity index (χ4v) is 2.51. The van der Waals surface area contributed by atoms with Crippen molar-refractivity contribution in [2.45, 2.75) is 0 Å². The molecule has 1 heterocycles. The van der Waals surface area contributed by atoms with Crippen LogP contribution in [0.4, 0.5) is 0 Å². The van der Waals surface area contributed by atoms with Crippen LogP contribution in [0.15, 0.2) is 35.0 Å². The van der Waals surface area contributed by atoms with Gasteiger partial charge in [0.2, 0.25) is 0 Å². The minimum absolute atomic E-state index is 0.337. The molecule has 0 N–H and O–H groups in total. The van der Waals surface area contributed by atoms with Crippen LogP contribution < -0.4 is 0 Å². The predicted molar refractivity (Wildman–Crippen MR) is 66.1 cm³/mol. The molecular weight excluding hydrogens is 244 g/mol. The maximum absolute atomic E-state index is 11.5.